The first kappa shape index (κ1) is 34.9. The summed E-state index contributed by atoms with van der Waals surface area (Å²) >= 11 is 0. The van der Waals surface area contributed by atoms with E-state index in [0.29, 0.717) is 11.1 Å². The molecule has 0 saturated heterocycles. The van der Waals surface area contributed by atoms with E-state index < -0.39 is 0 Å². The molecule has 2 heteroatoms. The van der Waals surface area contributed by atoms with Crippen LogP contribution in [-0.2, 0) is 5.41 Å². The minimum atomic E-state index is -0.167. The number of benzene rings is 8. The highest BCUT2D eigenvalue weighted by molar-refractivity contribution is 6.26. The van der Waals surface area contributed by atoms with Crippen molar-refractivity contribution in [2.75, 3.05) is 0 Å². The fourth-order valence-electron chi connectivity index (χ4n) is 9.87. The predicted octanol–water partition coefficient (Wildman–Crippen LogP) is 14.7. The van der Waals surface area contributed by atoms with Crippen LogP contribution >= 0.6 is 0 Å². The van der Waals surface area contributed by atoms with Crippen molar-refractivity contribution < 1.29 is 9.59 Å². The Morgan fingerprint density at radius 1 is 0.400 bits per heavy atom. The van der Waals surface area contributed by atoms with E-state index in [1.54, 1.807) is 0 Å². The van der Waals surface area contributed by atoms with Gasteiger partial charge in [0.15, 0.2) is 0 Å². The maximum Gasteiger partial charge on any atom is 0.150 e. The van der Waals surface area contributed by atoms with Gasteiger partial charge in [0.05, 0.1) is 0 Å². The molecule has 0 saturated carbocycles. The van der Waals surface area contributed by atoms with E-state index in [1.807, 2.05) is 24.3 Å². The second kappa shape index (κ2) is 14.4. The molecule has 0 heterocycles. The van der Waals surface area contributed by atoms with Crippen LogP contribution in [0.1, 0.15) is 97.1 Å². The molecule has 0 fully saturated rings. The molecule has 8 aromatic carbocycles. The largest absolute Gasteiger partial charge is 0.298 e. The molecule has 1 aliphatic carbocycles. The number of hydrogen-bond acceptors (Lipinski definition) is 2. The molecule has 0 atom stereocenters. The fraction of sp³-hybridized carbons (Fsp3) is 0.208. The van der Waals surface area contributed by atoms with Crippen molar-refractivity contribution in [1.82, 2.24) is 0 Å². The highest BCUT2D eigenvalue weighted by Gasteiger charge is 2.46. The lowest BCUT2D eigenvalue weighted by molar-refractivity contribution is 0.111. The molecule has 0 amide bonds. The third-order valence-corrected chi connectivity index (χ3v) is 12.4. The summed E-state index contributed by atoms with van der Waals surface area (Å²) < 4.78 is 0. The summed E-state index contributed by atoms with van der Waals surface area (Å²) in [5.41, 5.74) is 11.6. The molecule has 55 heavy (non-hydrogen) atoms. The average Bonchev–Trinajstić information content (AvgIpc) is 3.55. The minimum Gasteiger partial charge on any atom is -0.298 e. The Balaban J connectivity index is 1.41. The van der Waals surface area contributed by atoms with Crippen molar-refractivity contribution in [3.63, 3.8) is 0 Å². The fourth-order valence-corrected chi connectivity index (χ4v) is 9.87. The summed E-state index contributed by atoms with van der Waals surface area (Å²) in [6.07, 6.45) is 11.2. The molecule has 0 unspecified atom stereocenters. The van der Waals surface area contributed by atoms with Crippen LogP contribution in [0, 0.1) is 0 Å². The van der Waals surface area contributed by atoms with Gasteiger partial charge in [-0.2, -0.15) is 0 Å². The van der Waals surface area contributed by atoms with Crippen LogP contribution in [0.2, 0.25) is 0 Å². The number of unbranched alkanes of at least 4 members (excludes halogenated alkanes) is 4. The topological polar surface area (TPSA) is 34.1 Å². The van der Waals surface area contributed by atoms with E-state index in [4.69, 9.17) is 0 Å². The highest BCUT2D eigenvalue weighted by atomic mass is 16.1. The van der Waals surface area contributed by atoms with E-state index >= 15 is 0 Å². The first-order valence-electron chi connectivity index (χ1n) is 20.2. The van der Waals surface area contributed by atoms with Gasteiger partial charge < -0.3 is 0 Å². The number of rotatable bonds is 12. The lowest BCUT2D eigenvalue weighted by atomic mass is 9.68. The van der Waals surface area contributed by atoms with Crippen LogP contribution in [-0.4, -0.2) is 12.6 Å². The lowest BCUT2D eigenvalue weighted by Gasteiger charge is -2.35. The van der Waals surface area contributed by atoms with Gasteiger partial charge in [0.25, 0.3) is 0 Å². The molecule has 0 bridgehead atoms. The molecule has 1 aliphatic rings. The van der Waals surface area contributed by atoms with Crippen molar-refractivity contribution in [2.45, 2.75) is 70.6 Å². The SMILES string of the molecule is CCCCCC1(CCCCC)c2c(c3ccccc3c3cc(-c4ccc(C=O)cc4)ccc23)-c2c1c1ccc(-c3ccc(C=O)cc3)cc1c1ccccc21. The number of carbonyl (C=O) groups is 2. The van der Waals surface area contributed by atoms with Crippen molar-refractivity contribution in [3.05, 3.63) is 156 Å². The Kier molecular flexibility index (Phi) is 9.14. The van der Waals surface area contributed by atoms with E-state index in [-0.39, 0.29) is 5.41 Å². The first-order valence-corrected chi connectivity index (χ1v) is 20.2. The summed E-state index contributed by atoms with van der Waals surface area (Å²) in [7, 11) is 0. The van der Waals surface area contributed by atoms with E-state index in [2.05, 4.69) is 123 Å². The quantitative estimate of drug-likeness (QED) is 0.0717. The lowest BCUT2D eigenvalue weighted by Crippen LogP contribution is -2.26. The Morgan fingerprint density at radius 2 is 0.782 bits per heavy atom. The number of carbonyl (C=O) groups excluding carboxylic acids is 2. The van der Waals surface area contributed by atoms with Crippen molar-refractivity contribution in [1.29, 1.82) is 0 Å². The maximum atomic E-state index is 11.5. The van der Waals surface area contributed by atoms with Crippen LogP contribution < -0.4 is 0 Å². The standard InChI is InChI=1S/C53H46O2/c1-3-5-11-29-53(30-12-6-4-2)51-45-27-25-39(37-21-17-35(33-54)18-22-37)31-47(45)41-13-7-9-15-43(41)49(51)50-44-16-10-8-14-42(44)48-32-40(26-28-46(48)52(50)53)38-23-19-36(34-55)20-24-38/h7-10,13-28,31-34H,3-6,11-12,29-30H2,1-2H3. The van der Waals surface area contributed by atoms with Gasteiger partial charge in [-0.25, -0.2) is 0 Å². The number of fused-ring (bicyclic) bond motifs is 13. The van der Waals surface area contributed by atoms with Gasteiger partial charge in [0, 0.05) is 16.5 Å². The Morgan fingerprint density at radius 3 is 1.16 bits per heavy atom. The van der Waals surface area contributed by atoms with Crippen molar-refractivity contribution in [2.24, 2.45) is 0 Å². The maximum absolute atomic E-state index is 11.5. The van der Waals surface area contributed by atoms with Crippen LogP contribution in [0.5, 0.6) is 0 Å². The molecule has 9 rings (SSSR count). The van der Waals surface area contributed by atoms with E-state index in [0.717, 1.165) is 47.7 Å². The minimum absolute atomic E-state index is 0.167. The first-order chi connectivity index (χ1) is 27.1. The molecule has 2 nitrogen and oxygen atoms in total. The highest BCUT2D eigenvalue weighted by Crippen LogP contribution is 2.62. The van der Waals surface area contributed by atoms with Crippen molar-refractivity contribution in [3.8, 4) is 33.4 Å². The predicted molar refractivity (Wildman–Crippen MR) is 233 cm³/mol. The molecule has 270 valence electrons. The Bertz CT molecular complexity index is 2560. The van der Waals surface area contributed by atoms with Crippen LogP contribution in [0.15, 0.2) is 133 Å². The van der Waals surface area contributed by atoms with E-state index in [9.17, 15) is 9.59 Å². The number of hydrogen-bond donors (Lipinski definition) is 0. The third-order valence-electron chi connectivity index (χ3n) is 12.4. The van der Waals surface area contributed by atoms with Crippen LogP contribution in [0.3, 0.4) is 0 Å². The van der Waals surface area contributed by atoms with Gasteiger partial charge in [0.1, 0.15) is 12.6 Å². The molecule has 0 radical (unpaired) electrons. The summed E-state index contributed by atoms with van der Waals surface area (Å²) in [5, 5.41) is 10.5. The number of aldehydes is 2. The summed E-state index contributed by atoms with van der Waals surface area (Å²) in [5.74, 6) is 0. The van der Waals surface area contributed by atoms with Gasteiger partial charge in [-0.15, -0.1) is 0 Å². The zero-order valence-electron chi connectivity index (χ0n) is 31.8. The monoisotopic (exact) mass is 714 g/mol. The molecule has 0 spiro atoms. The Hall–Kier alpha value is -5.86. The second-order valence-corrected chi connectivity index (χ2v) is 15.6. The Labute approximate surface area is 323 Å². The van der Waals surface area contributed by atoms with Crippen LogP contribution in [0.25, 0.3) is 76.5 Å². The molecule has 0 aliphatic heterocycles. The summed E-state index contributed by atoms with van der Waals surface area (Å²) in [4.78, 5) is 23.0. The van der Waals surface area contributed by atoms with Gasteiger partial charge in [-0.3, -0.25) is 9.59 Å². The molecule has 0 N–H and O–H groups in total. The second-order valence-electron chi connectivity index (χ2n) is 15.6. The zero-order chi connectivity index (χ0) is 37.5. The normalized spacial score (nSPS) is 13.1. The average molecular weight is 715 g/mol. The summed E-state index contributed by atoms with van der Waals surface area (Å²) in [6, 6.07) is 48.3. The van der Waals surface area contributed by atoms with Gasteiger partial charge in [0.2, 0.25) is 0 Å². The molecular formula is C53H46O2. The molecule has 8 aromatic rings. The smallest absolute Gasteiger partial charge is 0.150 e. The van der Waals surface area contributed by atoms with Gasteiger partial charge in [-0.05, 0) is 113 Å². The zero-order valence-corrected chi connectivity index (χ0v) is 31.8. The van der Waals surface area contributed by atoms with Crippen LogP contribution in [0.4, 0.5) is 0 Å². The van der Waals surface area contributed by atoms with E-state index in [1.165, 1.54) is 104 Å². The molecule has 0 aromatic heterocycles. The van der Waals surface area contributed by atoms with Gasteiger partial charge >= 0.3 is 0 Å². The summed E-state index contributed by atoms with van der Waals surface area (Å²) in [6.45, 7) is 4.64. The van der Waals surface area contributed by atoms with Crippen molar-refractivity contribution >= 4 is 55.7 Å². The molecular weight excluding hydrogens is 669 g/mol. The van der Waals surface area contributed by atoms with Gasteiger partial charge in [-0.1, -0.05) is 174 Å². The third kappa shape index (κ3) is 5.70.